The standard InChI is InChI=1S/C20H16ClF3N4O4/c1-28(9-17(29)26-13-4-7-16(21)15(8-13)20(22,23)24)18(30)10-31-14-5-2-12(3-6-14)19-27-25-11-32-19/h2-8,11H,9-10H2,1H3,(H,26,29). The van der Waals surface area contributed by atoms with Gasteiger partial charge in [-0.3, -0.25) is 9.59 Å². The van der Waals surface area contributed by atoms with Gasteiger partial charge in [-0.05, 0) is 42.5 Å². The van der Waals surface area contributed by atoms with Gasteiger partial charge in [0, 0.05) is 18.3 Å². The highest BCUT2D eigenvalue weighted by molar-refractivity contribution is 6.31. The number of carbonyl (C=O) groups is 2. The molecular weight excluding hydrogens is 453 g/mol. The van der Waals surface area contributed by atoms with E-state index in [9.17, 15) is 22.8 Å². The van der Waals surface area contributed by atoms with Crippen molar-refractivity contribution in [2.75, 3.05) is 25.5 Å². The van der Waals surface area contributed by atoms with E-state index in [-0.39, 0.29) is 18.8 Å². The molecule has 2 aromatic carbocycles. The largest absolute Gasteiger partial charge is 0.484 e. The third-order valence-corrected chi connectivity index (χ3v) is 4.52. The van der Waals surface area contributed by atoms with Gasteiger partial charge in [0.1, 0.15) is 5.75 Å². The van der Waals surface area contributed by atoms with Crippen molar-refractivity contribution in [1.82, 2.24) is 15.1 Å². The molecule has 0 aliphatic carbocycles. The number of hydrogen-bond donors (Lipinski definition) is 1. The molecule has 0 atom stereocenters. The molecular formula is C20H16ClF3N4O4. The van der Waals surface area contributed by atoms with E-state index in [2.05, 4.69) is 15.5 Å². The minimum Gasteiger partial charge on any atom is -0.484 e. The molecule has 0 unspecified atom stereocenters. The van der Waals surface area contributed by atoms with Gasteiger partial charge in [0.2, 0.25) is 18.2 Å². The Hall–Kier alpha value is -3.60. The van der Waals surface area contributed by atoms with Gasteiger partial charge < -0.3 is 19.4 Å². The predicted octanol–water partition coefficient (Wildman–Crippen LogP) is 3.88. The smallest absolute Gasteiger partial charge is 0.417 e. The van der Waals surface area contributed by atoms with E-state index in [4.69, 9.17) is 20.8 Å². The highest BCUT2D eigenvalue weighted by Crippen LogP contribution is 2.36. The summed E-state index contributed by atoms with van der Waals surface area (Å²) >= 11 is 5.55. The predicted molar refractivity (Wildman–Crippen MR) is 108 cm³/mol. The molecule has 0 spiro atoms. The lowest BCUT2D eigenvalue weighted by Gasteiger charge is -2.18. The van der Waals surface area contributed by atoms with Crippen LogP contribution in [0.4, 0.5) is 18.9 Å². The van der Waals surface area contributed by atoms with Crippen molar-refractivity contribution in [2.24, 2.45) is 0 Å². The van der Waals surface area contributed by atoms with E-state index >= 15 is 0 Å². The van der Waals surface area contributed by atoms with Crippen LogP contribution in [0.1, 0.15) is 5.56 Å². The van der Waals surface area contributed by atoms with Gasteiger partial charge in [-0.2, -0.15) is 13.2 Å². The Morgan fingerprint density at radius 3 is 2.53 bits per heavy atom. The van der Waals surface area contributed by atoms with Gasteiger partial charge in [-0.25, -0.2) is 0 Å². The Morgan fingerprint density at radius 2 is 1.91 bits per heavy atom. The monoisotopic (exact) mass is 468 g/mol. The van der Waals surface area contributed by atoms with Crippen LogP contribution in [0.3, 0.4) is 0 Å². The van der Waals surface area contributed by atoms with Crippen molar-refractivity contribution < 1.29 is 31.9 Å². The number of aromatic nitrogens is 2. The van der Waals surface area contributed by atoms with Crippen LogP contribution in [0.25, 0.3) is 11.5 Å². The number of carbonyl (C=O) groups excluding carboxylic acids is 2. The molecule has 12 heteroatoms. The van der Waals surface area contributed by atoms with Crippen molar-refractivity contribution in [1.29, 1.82) is 0 Å². The van der Waals surface area contributed by atoms with Crippen molar-refractivity contribution in [2.45, 2.75) is 6.18 Å². The van der Waals surface area contributed by atoms with Crippen molar-refractivity contribution in [3.63, 3.8) is 0 Å². The van der Waals surface area contributed by atoms with Crippen LogP contribution in [0.15, 0.2) is 53.3 Å². The molecule has 168 valence electrons. The highest BCUT2D eigenvalue weighted by atomic mass is 35.5. The number of hydrogen-bond acceptors (Lipinski definition) is 6. The van der Waals surface area contributed by atoms with Crippen molar-refractivity contribution >= 4 is 29.1 Å². The van der Waals surface area contributed by atoms with Crippen LogP contribution >= 0.6 is 11.6 Å². The van der Waals surface area contributed by atoms with Gasteiger partial charge in [-0.1, -0.05) is 11.6 Å². The second-order valence-electron chi connectivity index (χ2n) is 6.55. The summed E-state index contributed by atoms with van der Waals surface area (Å²) in [7, 11) is 1.37. The quantitative estimate of drug-likeness (QED) is 0.565. The zero-order valence-electron chi connectivity index (χ0n) is 16.5. The van der Waals surface area contributed by atoms with Crippen molar-refractivity contribution in [3.05, 3.63) is 59.4 Å². The summed E-state index contributed by atoms with van der Waals surface area (Å²) in [5, 5.41) is 9.18. The summed E-state index contributed by atoms with van der Waals surface area (Å²) in [5.74, 6) is -0.449. The van der Waals surface area contributed by atoms with Gasteiger partial charge in [0.05, 0.1) is 17.1 Å². The van der Waals surface area contributed by atoms with E-state index in [1.807, 2.05) is 0 Å². The van der Waals surface area contributed by atoms with E-state index in [1.165, 1.54) is 19.5 Å². The molecule has 2 amide bonds. The van der Waals surface area contributed by atoms with Crippen LogP contribution < -0.4 is 10.1 Å². The van der Waals surface area contributed by atoms with E-state index in [1.54, 1.807) is 24.3 Å². The molecule has 1 heterocycles. The first kappa shape index (κ1) is 23.1. The third kappa shape index (κ3) is 5.97. The molecule has 0 saturated carbocycles. The van der Waals surface area contributed by atoms with Gasteiger partial charge >= 0.3 is 6.18 Å². The molecule has 0 aliphatic rings. The van der Waals surface area contributed by atoms with E-state index in [0.717, 1.165) is 17.0 Å². The van der Waals surface area contributed by atoms with Crippen LogP contribution in [0, 0.1) is 0 Å². The number of alkyl halides is 3. The number of ether oxygens (including phenoxy) is 1. The highest BCUT2D eigenvalue weighted by Gasteiger charge is 2.33. The maximum Gasteiger partial charge on any atom is 0.417 e. The first-order valence-electron chi connectivity index (χ1n) is 9.03. The Morgan fingerprint density at radius 1 is 1.19 bits per heavy atom. The second kappa shape index (κ2) is 9.69. The Balaban J connectivity index is 1.50. The number of anilines is 1. The maximum atomic E-state index is 12.9. The van der Waals surface area contributed by atoms with E-state index < -0.39 is 28.6 Å². The van der Waals surface area contributed by atoms with Gasteiger partial charge in [-0.15, -0.1) is 10.2 Å². The molecule has 1 N–H and O–H groups in total. The number of rotatable bonds is 7. The van der Waals surface area contributed by atoms with Crippen LogP contribution in [-0.2, 0) is 15.8 Å². The van der Waals surface area contributed by atoms with Crippen LogP contribution in [-0.4, -0.2) is 47.1 Å². The van der Waals surface area contributed by atoms with Gasteiger partial charge in [0.25, 0.3) is 5.91 Å². The number of nitrogens with zero attached hydrogens (tertiary/aromatic N) is 3. The average Bonchev–Trinajstić information content (AvgIpc) is 3.27. The topological polar surface area (TPSA) is 97.6 Å². The summed E-state index contributed by atoms with van der Waals surface area (Å²) in [5.41, 5.74) is -0.490. The minimum absolute atomic E-state index is 0.0924. The number of amides is 2. The molecule has 3 aromatic rings. The molecule has 0 aliphatic heterocycles. The first-order chi connectivity index (χ1) is 15.1. The molecule has 1 aromatic heterocycles. The van der Waals surface area contributed by atoms with Crippen molar-refractivity contribution in [3.8, 4) is 17.2 Å². The van der Waals surface area contributed by atoms with E-state index in [0.29, 0.717) is 17.2 Å². The zero-order chi connectivity index (χ0) is 23.3. The molecule has 0 fully saturated rings. The normalized spacial score (nSPS) is 11.2. The first-order valence-corrected chi connectivity index (χ1v) is 9.41. The number of halogens is 4. The summed E-state index contributed by atoms with van der Waals surface area (Å²) in [6.07, 6.45) is -3.46. The fraction of sp³-hybridized carbons (Fsp3) is 0.200. The zero-order valence-corrected chi connectivity index (χ0v) is 17.3. The fourth-order valence-corrected chi connectivity index (χ4v) is 2.80. The second-order valence-corrected chi connectivity index (χ2v) is 6.95. The van der Waals surface area contributed by atoms with Gasteiger partial charge in [0.15, 0.2) is 6.61 Å². The molecule has 8 nitrogen and oxygen atoms in total. The maximum absolute atomic E-state index is 12.9. The molecule has 3 rings (SSSR count). The molecule has 32 heavy (non-hydrogen) atoms. The Bertz CT molecular complexity index is 1090. The molecule has 0 saturated heterocycles. The lowest BCUT2D eigenvalue weighted by atomic mass is 10.2. The summed E-state index contributed by atoms with van der Waals surface area (Å²) in [6, 6.07) is 9.56. The van der Waals surface area contributed by atoms with Crippen LogP contribution in [0.5, 0.6) is 5.75 Å². The SMILES string of the molecule is CN(CC(=O)Nc1ccc(Cl)c(C(F)(F)F)c1)C(=O)COc1ccc(-c2nnco2)cc1. The number of likely N-dealkylation sites (N-methyl/N-ethyl adjacent to an activating group) is 1. The molecule has 0 radical (unpaired) electrons. The number of nitrogens with one attached hydrogen (secondary N) is 1. The fourth-order valence-electron chi connectivity index (χ4n) is 2.57. The average molecular weight is 469 g/mol. The lowest BCUT2D eigenvalue weighted by molar-refractivity contribution is -0.137. The summed E-state index contributed by atoms with van der Waals surface area (Å²) in [6.45, 7) is -0.731. The Kier molecular flexibility index (Phi) is 6.98. The Labute approximate surface area is 184 Å². The lowest BCUT2D eigenvalue weighted by Crippen LogP contribution is -2.37. The summed E-state index contributed by atoms with van der Waals surface area (Å²) < 4.78 is 49.2. The van der Waals surface area contributed by atoms with Crippen LogP contribution in [0.2, 0.25) is 5.02 Å². The summed E-state index contributed by atoms with van der Waals surface area (Å²) in [4.78, 5) is 25.4. The number of benzene rings is 2. The molecule has 0 bridgehead atoms. The third-order valence-electron chi connectivity index (χ3n) is 4.19. The minimum atomic E-state index is -4.66.